The summed E-state index contributed by atoms with van der Waals surface area (Å²) in [6.07, 6.45) is -1.31. The fraction of sp³-hybridized carbons (Fsp3) is 0.188. The normalized spacial score (nSPS) is 19.2. The van der Waals surface area contributed by atoms with Crippen LogP contribution in [-0.4, -0.2) is 23.0 Å². The van der Waals surface area contributed by atoms with Gasteiger partial charge in [0.2, 0.25) is 6.29 Å². The van der Waals surface area contributed by atoms with Crippen LogP contribution in [0.1, 0.15) is 54.1 Å². The zero-order valence-electron chi connectivity index (χ0n) is 11.7. The van der Waals surface area contributed by atoms with Crippen LogP contribution in [0.5, 0.6) is 0 Å². The molecule has 2 heterocycles. The molecule has 0 bridgehead atoms. The molecule has 0 saturated carbocycles. The van der Waals surface area contributed by atoms with Gasteiger partial charge in [0.05, 0.1) is 16.7 Å². The maximum Gasteiger partial charge on any atom is 0.346 e. The first kappa shape index (κ1) is 13.0. The van der Waals surface area contributed by atoms with Gasteiger partial charge in [0.15, 0.2) is 0 Å². The first-order valence-corrected chi connectivity index (χ1v) is 6.66. The summed E-state index contributed by atoms with van der Waals surface area (Å²) in [6, 6.07) is 3.12. The minimum absolute atomic E-state index is 0.187. The molecule has 2 aromatic carbocycles. The maximum absolute atomic E-state index is 11.9. The zero-order valence-corrected chi connectivity index (χ0v) is 11.7. The SMILES string of the molecule is Cc1c2c(c(C)c3cc4c(cc13)C(=O)OC4=O)C(O)OC2=O. The van der Waals surface area contributed by atoms with Crippen LogP contribution < -0.4 is 0 Å². The van der Waals surface area contributed by atoms with Crippen LogP contribution in [0.2, 0.25) is 0 Å². The van der Waals surface area contributed by atoms with E-state index in [0.29, 0.717) is 33.0 Å². The highest BCUT2D eigenvalue weighted by atomic mass is 16.6. The predicted molar refractivity (Wildman–Crippen MR) is 73.5 cm³/mol. The van der Waals surface area contributed by atoms with E-state index in [1.54, 1.807) is 26.0 Å². The van der Waals surface area contributed by atoms with Gasteiger partial charge in [-0.15, -0.1) is 0 Å². The molecule has 6 nitrogen and oxygen atoms in total. The Labute approximate surface area is 124 Å². The van der Waals surface area contributed by atoms with Crippen LogP contribution in [0.3, 0.4) is 0 Å². The molecular weight excluding hydrogens is 288 g/mol. The van der Waals surface area contributed by atoms with Crippen molar-refractivity contribution in [1.29, 1.82) is 0 Å². The largest absolute Gasteiger partial charge is 0.428 e. The van der Waals surface area contributed by atoms with Crippen molar-refractivity contribution in [1.82, 2.24) is 0 Å². The van der Waals surface area contributed by atoms with Crippen LogP contribution in [-0.2, 0) is 9.47 Å². The van der Waals surface area contributed by atoms with Gasteiger partial charge < -0.3 is 14.6 Å². The Morgan fingerprint density at radius 3 is 2.05 bits per heavy atom. The van der Waals surface area contributed by atoms with Crippen molar-refractivity contribution in [3.05, 3.63) is 45.5 Å². The zero-order chi connectivity index (χ0) is 15.8. The second-order valence-electron chi connectivity index (χ2n) is 5.42. The Morgan fingerprint density at radius 1 is 0.909 bits per heavy atom. The highest BCUT2D eigenvalue weighted by Gasteiger charge is 2.36. The molecule has 1 N–H and O–H groups in total. The molecule has 2 aliphatic rings. The van der Waals surface area contributed by atoms with Gasteiger partial charge in [0, 0.05) is 5.56 Å². The number of rotatable bonds is 0. The fourth-order valence-electron chi connectivity index (χ4n) is 3.21. The lowest BCUT2D eigenvalue weighted by atomic mass is 9.89. The van der Waals surface area contributed by atoms with Gasteiger partial charge in [-0.05, 0) is 47.9 Å². The summed E-state index contributed by atoms with van der Waals surface area (Å²) in [5.74, 6) is -1.97. The van der Waals surface area contributed by atoms with E-state index in [1.165, 1.54) is 0 Å². The molecule has 2 aromatic rings. The highest BCUT2D eigenvalue weighted by Crippen LogP contribution is 2.40. The Kier molecular flexibility index (Phi) is 2.31. The number of esters is 3. The molecule has 6 heteroatoms. The number of ether oxygens (including phenoxy) is 2. The van der Waals surface area contributed by atoms with E-state index in [9.17, 15) is 19.5 Å². The molecule has 0 spiro atoms. The Morgan fingerprint density at radius 2 is 1.45 bits per heavy atom. The number of hydrogen-bond donors (Lipinski definition) is 1. The van der Waals surface area contributed by atoms with Crippen molar-refractivity contribution in [2.75, 3.05) is 0 Å². The molecule has 2 aliphatic heterocycles. The molecule has 0 amide bonds. The van der Waals surface area contributed by atoms with Gasteiger partial charge in [0.1, 0.15) is 0 Å². The van der Waals surface area contributed by atoms with E-state index in [0.717, 1.165) is 0 Å². The number of aliphatic hydroxyl groups excluding tert-OH is 1. The average Bonchev–Trinajstić information content (AvgIpc) is 2.92. The van der Waals surface area contributed by atoms with Gasteiger partial charge in [0.25, 0.3) is 0 Å². The summed E-state index contributed by atoms with van der Waals surface area (Å²) < 4.78 is 9.47. The summed E-state index contributed by atoms with van der Waals surface area (Å²) >= 11 is 0. The summed E-state index contributed by atoms with van der Waals surface area (Å²) in [7, 11) is 0. The third-order valence-corrected chi connectivity index (χ3v) is 4.31. The van der Waals surface area contributed by atoms with E-state index in [2.05, 4.69) is 4.74 Å². The number of hydrogen-bond acceptors (Lipinski definition) is 6. The highest BCUT2D eigenvalue weighted by molar-refractivity contribution is 6.18. The van der Waals surface area contributed by atoms with Crippen molar-refractivity contribution < 1.29 is 29.0 Å². The Bertz CT molecular complexity index is 924. The summed E-state index contributed by atoms with van der Waals surface area (Å²) in [6.45, 7) is 3.45. The van der Waals surface area contributed by atoms with Crippen molar-refractivity contribution in [2.24, 2.45) is 0 Å². The van der Waals surface area contributed by atoms with Crippen LogP contribution in [0, 0.1) is 13.8 Å². The lowest BCUT2D eigenvalue weighted by Crippen LogP contribution is -2.02. The average molecular weight is 298 g/mol. The smallest absolute Gasteiger partial charge is 0.346 e. The summed E-state index contributed by atoms with van der Waals surface area (Å²) in [5.41, 5.74) is 2.35. The van der Waals surface area contributed by atoms with E-state index in [1.807, 2.05) is 0 Å². The Balaban J connectivity index is 2.18. The molecule has 1 atom stereocenters. The van der Waals surface area contributed by atoms with Crippen LogP contribution >= 0.6 is 0 Å². The number of fused-ring (bicyclic) bond motifs is 3. The minimum atomic E-state index is -1.31. The van der Waals surface area contributed by atoms with Crippen molar-refractivity contribution >= 4 is 28.7 Å². The quantitative estimate of drug-likeness (QED) is 0.590. The molecule has 1 unspecified atom stereocenters. The maximum atomic E-state index is 11.9. The van der Waals surface area contributed by atoms with E-state index < -0.39 is 24.2 Å². The number of benzene rings is 2. The number of aryl methyl sites for hydroxylation is 2. The molecule has 0 saturated heterocycles. The molecule has 0 fully saturated rings. The molecular formula is C16H10O6. The molecule has 110 valence electrons. The van der Waals surface area contributed by atoms with Gasteiger partial charge >= 0.3 is 17.9 Å². The second-order valence-corrected chi connectivity index (χ2v) is 5.42. The molecule has 0 aromatic heterocycles. The van der Waals surface area contributed by atoms with E-state index in [-0.39, 0.29) is 11.1 Å². The van der Waals surface area contributed by atoms with Gasteiger partial charge in [-0.25, -0.2) is 14.4 Å². The topological polar surface area (TPSA) is 89.9 Å². The van der Waals surface area contributed by atoms with Gasteiger partial charge in [-0.3, -0.25) is 0 Å². The molecule has 0 aliphatic carbocycles. The summed E-state index contributed by atoms with van der Waals surface area (Å²) in [5, 5.41) is 11.3. The Hall–Kier alpha value is -2.73. The van der Waals surface area contributed by atoms with Crippen molar-refractivity contribution in [3.8, 4) is 0 Å². The fourth-order valence-corrected chi connectivity index (χ4v) is 3.21. The third kappa shape index (κ3) is 1.39. The number of carbonyl (C=O) groups excluding carboxylic acids is 3. The first-order valence-electron chi connectivity index (χ1n) is 6.66. The number of cyclic esters (lactones) is 3. The van der Waals surface area contributed by atoms with Crippen molar-refractivity contribution in [3.63, 3.8) is 0 Å². The van der Waals surface area contributed by atoms with Crippen LogP contribution in [0.4, 0.5) is 0 Å². The van der Waals surface area contributed by atoms with Gasteiger partial charge in [-0.1, -0.05) is 0 Å². The van der Waals surface area contributed by atoms with E-state index in [4.69, 9.17) is 4.74 Å². The first-order chi connectivity index (χ1) is 10.4. The minimum Gasteiger partial charge on any atom is -0.428 e. The van der Waals surface area contributed by atoms with E-state index >= 15 is 0 Å². The summed E-state index contributed by atoms with van der Waals surface area (Å²) in [4.78, 5) is 35.3. The van der Waals surface area contributed by atoms with Crippen LogP contribution in [0.15, 0.2) is 12.1 Å². The lowest BCUT2D eigenvalue weighted by Gasteiger charge is -2.13. The lowest BCUT2D eigenvalue weighted by molar-refractivity contribution is -0.0550. The second kappa shape index (κ2) is 3.92. The number of aliphatic hydroxyl groups is 1. The number of carbonyl (C=O) groups is 3. The predicted octanol–water partition coefficient (Wildman–Crippen LogP) is 1.93. The molecule has 0 radical (unpaired) electrons. The van der Waals surface area contributed by atoms with Crippen LogP contribution in [0.25, 0.3) is 10.8 Å². The van der Waals surface area contributed by atoms with Crippen molar-refractivity contribution in [2.45, 2.75) is 20.1 Å². The monoisotopic (exact) mass is 298 g/mol. The van der Waals surface area contributed by atoms with Gasteiger partial charge in [-0.2, -0.15) is 0 Å². The molecule has 22 heavy (non-hydrogen) atoms. The third-order valence-electron chi connectivity index (χ3n) is 4.31. The molecule has 4 rings (SSSR count). The standard InChI is InChI=1S/C16H10O6/c1-5-7-3-9-10(14(18)21-13(9)17)4-8(7)6(2)12-11(5)15(19)22-16(12)20/h3-4,15,19H,1-2H3.